The third kappa shape index (κ3) is 4.72. The van der Waals surface area contributed by atoms with Gasteiger partial charge in [-0.1, -0.05) is 13.0 Å². The van der Waals surface area contributed by atoms with E-state index in [0.29, 0.717) is 34.7 Å². The summed E-state index contributed by atoms with van der Waals surface area (Å²) in [6.45, 7) is 2.49. The van der Waals surface area contributed by atoms with Gasteiger partial charge in [-0.05, 0) is 79.8 Å². The molecule has 2 N–H and O–H groups in total. The Morgan fingerprint density at radius 2 is 2.03 bits per heavy atom. The number of aromatic nitrogens is 1. The maximum atomic E-state index is 15.1. The molecule has 0 aromatic carbocycles. The summed E-state index contributed by atoms with van der Waals surface area (Å²) in [5.74, 6) is -3.51. The van der Waals surface area contributed by atoms with Crippen molar-refractivity contribution in [2.75, 3.05) is 0 Å². The van der Waals surface area contributed by atoms with Crippen LogP contribution < -0.4 is 5.32 Å². The molecule has 1 aromatic heterocycles. The van der Waals surface area contributed by atoms with Crippen molar-refractivity contribution in [3.8, 4) is 0 Å². The van der Waals surface area contributed by atoms with Gasteiger partial charge in [-0.3, -0.25) is 19.2 Å². The minimum atomic E-state index is -4.24. The van der Waals surface area contributed by atoms with Crippen LogP contribution in [0.5, 0.6) is 0 Å². The van der Waals surface area contributed by atoms with Crippen LogP contribution in [0.4, 0.5) is 8.63 Å². The van der Waals surface area contributed by atoms with E-state index < -0.39 is 49.2 Å². The lowest BCUT2D eigenvalue weighted by atomic mass is 9.94. The van der Waals surface area contributed by atoms with Gasteiger partial charge >= 0.3 is 6.97 Å². The van der Waals surface area contributed by atoms with E-state index in [-0.39, 0.29) is 18.6 Å². The molecule has 12 heteroatoms. The van der Waals surface area contributed by atoms with E-state index >= 15 is 8.63 Å². The number of nitrogens with zero attached hydrogens (tertiary/aromatic N) is 3. The van der Waals surface area contributed by atoms with E-state index in [2.05, 4.69) is 16.8 Å². The Hall–Kier alpha value is -3.67. The van der Waals surface area contributed by atoms with Gasteiger partial charge in [-0.2, -0.15) is 0 Å². The molecule has 4 rings (SSSR count). The van der Waals surface area contributed by atoms with Crippen molar-refractivity contribution in [2.45, 2.75) is 58.1 Å². The Morgan fingerprint density at radius 1 is 1.31 bits per heavy atom. The van der Waals surface area contributed by atoms with E-state index in [4.69, 9.17) is 0 Å². The first-order valence-electron chi connectivity index (χ1n) is 11.7. The second-order valence-corrected chi connectivity index (χ2v) is 9.18. The Morgan fingerprint density at radius 3 is 2.67 bits per heavy atom. The lowest BCUT2D eigenvalue weighted by Crippen LogP contribution is -2.50. The van der Waals surface area contributed by atoms with Crippen LogP contribution in [0.3, 0.4) is 0 Å². The van der Waals surface area contributed by atoms with E-state index in [1.54, 1.807) is 32.1 Å². The molecule has 3 aliphatic rings. The van der Waals surface area contributed by atoms with Gasteiger partial charge in [0.25, 0.3) is 11.8 Å². The molecule has 2 unspecified atom stereocenters. The molecule has 4 amide bonds. The Labute approximate surface area is 206 Å². The zero-order valence-corrected chi connectivity index (χ0v) is 20.0. The molecule has 0 spiro atoms. The molecule has 0 bridgehead atoms. The maximum absolute atomic E-state index is 15.1. The first-order chi connectivity index (χ1) is 16.9. The summed E-state index contributed by atoms with van der Waals surface area (Å²) in [4.78, 5) is 52.9. The van der Waals surface area contributed by atoms with Gasteiger partial charge < -0.3 is 28.4 Å². The fourth-order valence-corrected chi connectivity index (χ4v) is 4.71. The summed E-state index contributed by atoms with van der Waals surface area (Å²) < 4.78 is 31.3. The molecule has 0 saturated carbocycles. The number of hydrogen-bond acceptors (Lipinski definition) is 6. The van der Waals surface area contributed by atoms with Crippen molar-refractivity contribution < 1.29 is 32.9 Å². The standard InChI is InChI=1S/C24H26BF2N4O5/c1-4-21(33)28-18(23(35)30-22(34)12-20(32)24(30)36)8-6-5-7-17-16-10-15(16)11-19-13(2)9-14(3)31(19)25(26,27)29-17/h4,9-11,18,20,32H,1,5-8,12H2,2-3H3,(H,28,33)/q-1. The van der Waals surface area contributed by atoms with Crippen LogP contribution >= 0.6 is 0 Å². The van der Waals surface area contributed by atoms with Gasteiger partial charge in [-0.25, -0.2) is 4.90 Å². The highest BCUT2D eigenvalue weighted by Crippen LogP contribution is 2.38. The number of rotatable bonds is 8. The average Bonchev–Trinajstić information content (AvgIpc) is 3.42. The number of nitrogens with one attached hydrogen (secondary N) is 1. The molecule has 1 aromatic rings. The quantitative estimate of drug-likeness (QED) is 0.245. The van der Waals surface area contributed by atoms with Crippen molar-refractivity contribution in [1.82, 2.24) is 14.7 Å². The minimum Gasteiger partial charge on any atom is -0.443 e. The first-order valence-corrected chi connectivity index (χ1v) is 11.7. The number of imide groups is 3. The van der Waals surface area contributed by atoms with Crippen molar-refractivity contribution in [3.63, 3.8) is 0 Å². The number of likely N-dealkylation sites (tertiary alicyclic amines) is 1. The molecule has 2 aliphatic heterocycles. The summed E-state index contributed by atoms with van der Waals surface area (Å²) in [6, 6.07) is 0.482. The normalized spacial score (nSPS) is 20.9. The smallest absolute Gasteiger partial charge is 0.443 e. The van der Waals surface area contributed by atoms with E-state index in [0.717, 1.165) is 21.7 Å². The number of carbonyl (C=O) groups is 4. The minimum absolute atomic E-state index is 0.0438. The van der Waals surface area contributed by atoms with Gasteiger partial charge in [0.05, 0.1) is 6.42 Å². The predicted molar refractivity (Wildman–Crippen MR) is 129 cm³/mol. The Kier molecular flexibility index (Phi) is 6.65. The number of amides is 4. The molecule has 1 aliphatic carbocycles. The molecular weight excluding hydrogens is 473 g/mol. The van der Waals surface area contributed by atoms with Crippen LogP contribution in [-0.4, -0.2) is 62.9 Å². The van der Waals surface area contributed by atoms with Crippen LogP contribution in [0.25, 0.3) is 6.08 Å². The number of halogens is 2. The van der Waals surface area contributed by atoms with Crippen molar-refractivity contribution >= 4 is 42.4 Å². The summed E-state index contributed by atoms with van der Waals surface area (Å²) in [7, 11) is 0. The Bertz CT molecular complexity index is 1280. The number of carbonyl (C=O) groups excluding carboxylic acids is 4. The van der Waals surface area contributed by atoms with Gasteiger partial charge in [-0.15, -0.1) is 0 Å². The number of aryl methyl sites for hydroxylation is 2. The lowest BCUT2D eigenvalue weighted by Gasteiger charge is -2.29. The van der Waals surface area contributed by atoms with Crippen LogP contribution in [-0.2, 0) is 19.2 Å². The highest BCUT2D eigenvalue weighted by atomic mass is 19.2. The average molecular weight is 499 g/mol. The molecule has 1 saturated heterocycles. The van der Waals surface area contributed by atoms with Crippen LogP contribution in [0.15, 0.2) is 40.8 Å². The van der Waals surface area contributed by atoms with E-state index in [1.807, 2.05) is 0 Å². The topological polar surface area (TPSA) is 121 Å². The van der Waals surface area contributed by atoms with Gasteiger partial charge in [0.1, 0.15) is 12.1 Å². The van der Waals surface area contributed by atoms with Gasteiger partial charge in [0.15, 0.2) is 0 Å². The molecule has 9 nitrogen and oxygen atoms in total. The molecular formula is C24H26BF2N4O5-. The number of aliphatic hydroxyl groups excluding tert-OH is 1. The van der Waals surface area contributed by atoms with Crippen molar-refractivity contribution in [3.05, 3.63) is 52.9 Å². The third-order valence-corrected chi connectivity index (χ3v) is 6.52. The zero-order chi connectivity index (χ0) is 26.4. The molecule has 190 valence electrons. The first kappa shape index (κ1) is 25.4. The SMILES string of the molecule is C=CC(=O)NC(CCCCC1=N[B-](F)(F)n2c(C)cc(C)c2C=C2C=C21)C(=O)N1C(=O)CC(O)C1=O. The summed E-state index contributed by atoms with van der Waals surface area (Å²) in [5, 5.41) is 12.0. The summed E-state index contributed by atoms with van der Waals surface area (Å²) >= 11 is 0. The predicted octanol–water partition coefficient (Wildman–Crippen LogP) is 1.98. The van der Waals surface area contributed by atoms with Crippen molar-refractivity contribution in [2.24, 2.45) is 4.90 Å². The number of aliphatic hydroxyl groups is 1. The van der Waals surface area contributed by atoms with Gasteiger partial charge in [0.2, 0.25) is 11.8 Å². The highest BCUT2D eigenvalue weighted by molar-refractivity contribution is 6.65. The van der Waals surface area contributed by atoms with E-state index in [1.165, 1.54) is 0 Å². The van der Waals surface area contributed by atoms with Crippen LogP contribution in [0.2, 0.25) is 0 Å². The summed E-state index contributed by atoms with van der Waals surface area (Å²) in [6.07, 6.45) is 3.31. The Balaban J connectivity index is 1.44. The molecule has 3 heterocycles. The number of unbranched alkanes of at least 4 members (excludes halogenated alkanes) is 1. The molecule has 0 radical (unpaired) electrons. The zero-order valence-electron chi connectivity index (χ0n) is 20.0. The highest BCUT2D eigenvalue weighted by Gasteiger charge is 2.44. The molecule has 2 atom stereocenters. The molecule has 1 fully saturated rings. The summed E-state index contributed by atoms with van der Waals surface area (Å²) in [5.41, 5.74) is 3.41. The second-order valence-electron chi connectivity index (χ2n) is 9.18. The largest absolute Gasteiger partial charge is 0.544 e. The fraction of sp³-hybridized carbons (Fsp3) is 0.375. The number of fused-ring (bicyclic) bond motifs is 2. The van der Waals surface area contributed by atoms with E-state index in [9.17, 15) is 24.3 Å². The fourth-order valence-electron chi connectivity index (χ4n) is 4.71. The number of hydrogen-bond donors (Lipinski definition) is 2. The van der Waals surface area contributed by atoms with Gasteiger partial charge in [0, 0.05) is 11.4 Å². The number of allylic oxidation sites excluding steroid dienone is 3. The van der Waals surface area contributed by atoms with Crippen LogP contribution in [0.1, 0.15) is 49.1 Å². The van der Waals surface area contributed by atoms with Crippen molar-refractivity contribution in [1.29, 1.82) is 0 Å². The third-order valence-electron chi connectivity index (χ3n) is 6.52. The molecule has 36 heavy (non-hydrogen) atoms. The monoisotopic (exact) mass is 499 g/mol. The van der Waals surface area contributed by atoms with Crippen LogP contribution in [0, 0.1) is 13.8 Å². The second kappa shape index (κ2) is 9.42. The lowest BCUT2D eigenvalue weighted by molar-refractivity contribution is -0.152. The maximum Gasteiger partial charge on any atom is 0.544 e.